The molecule has 2 aliphatic heterocycles. The van der Waals surface area contributed by atoms with Gasteiger partial charge in [0.05, 0.1) is 5.56 Å². The smallest absolute Gasteiger partial charge is 0.255 e. The van der Waals surface area contributed by atoms with Crippen LogP contribution in [0, 0.1) is 5.92 Å². The van der Waals surface area contributed by atoms with Gasteiger partial charge < -0.3 is 20.1 Å². The fraction of sp³-hybridized carbons (Fsp3) is 0.562. The Morgan fingerprint density at radius 1 is 1.29 bits per heavy atom. The van der Waals surface area contributed by atoms with Crippen LogP contribution in [0.1, 0.15) is 30.6 Å². The predicted octanol–water partition coefficient (Wildman–Crippen LogP) is 1.57. The lowest BCUT2D eigenvalue weighted by molar-refractivity contribution is 0.0887. The van der Waals surface area contributed by atoms with Crippen LogP contribution in [0.15, 0.2) is 18.2 Å². The molecule has 0 bridgehead atoms. The van der Waals surface area contributed by atoms with Gasteiger partial charge in [-0.25, -0.2) is 0 Å². The van der Waals surface area contributed by atoms with E-state index < -0.39 is 0 Å². The van der Waals surface area contributed by atoms with Crippen molar-refractivity contribution in [1.82, 2.24) is 10.6 Å². The Morgan fingerprint density at radius 3 is 2.90 bits per heavy atom. The monoisotopic (exact) mass is 290 g/mol. The number of ether oxygens (including phenoxy) is 2. The summed E-state index contributed by atoms with van der Waals surface area (Å²) in [5.74, 6) is 1.58. The van der Waals surface area contributed by atoms with Crippen LogP contribution in [0.2, 0.25) is 0 Å². The van der Waals surface area contributed by atoms with Crippen molar-refractivity contribution in [1.29, 1.82) is 0 Å². The van der Waals surface area contributed by atoms with E-state index in [1.807, 2.05) is 12.1 Å². The van der Waals surface area contributed by atoms with Gasteiger partial charge in [-0.3, -0.25) is 4.79 Å². The third-order valence-corrected chi connectivity index (χ3v) is 4.33. The van der Waals surface area contributed by atoms with E-state index in [4.69, 9.17) is 9.47 Å². The van der Waals surface area contributed by atoms with E-state index in [-0.39, 0.29) is 18.0 Å². The molecule has 21 heavy (non-hydrogen) atoms. The number of piperidine rings is 1. The van der Waals surface area contributed by atoms with Gasteiger partial charge in [-0.1, -0.05) is 13.0 Å². The molecule has 3 unspecified atom stereocenters. The second kappa shape index (κ2) is 5.93. The van der Waals surface area contributed by atoms with E-state index in [2.05, 4.69) is 24.5 Å². The molecular formula is C16H22N2O3. The van der Waals surface area contributed by atoms with Crippen molar-refractivity contribution in [2.24, 2.45) is 5.92 Å². The Hall–Kier alpha value is -1.75. The first-order chi connectivity index (χ1) is 10.2. The highest BCUT2D eigenvalue weighted by Crippen LogP contribution is 2.33. The number of rotatable bonds is 2. The van der Waals surface area contributed by atoms with Crippen molar-refractivity contribution in [2.75, 3.05) is 19.8 Å². The summed E-state index contributed by atoms with van der Waals surface area (Å²) >= 11 is 0. The van der Waals surface area contributed by atoms with Gasteiger partial charge in [0.15, 0.2) is 11.5 Å². The summed E-state index contributed by atoms with van der Waals surface area (Å²) in [5, 5.41) is 6.56. The Bertz CT molecular complexity index is 522. The maximum atomic E-state index is 12.6. The molecule has 3 rings (SSSR count). The van der Waals surface area contributed by atoms with Gasteiger partial charge in [0, 0.05) is 12.1 Å². The number of nitrogens with one attached hydrogen (secondary N) is 2. The number of fused-ring (bicyclic) bond motifs is 1. The van der Waals surface area contributed by atoms with Crippen LogP contribution in [0.3, 0.4) is 0 Å². The molecule has 1 saturated heterocycles. The lowest BCUT2D eigenvalue weighted by Gasteiger charge is -2.36. The van der Waals surface area contributed by atoms with E-state index in [9.17, 15) is 4.79 Å². The maximum absolute atomic E-state index is 12.6. The Labute approximate surface area is 125 Å². The first kappa shape index (κ1) is 14.2. The second-order valence-corrected chi connectivity index (χ2v) is 5.84. The molecule has 0 saturated carbocycles. The van der Waals surface area contributed by atoms with Crippen molar-refractivity contribution in [3.63, 3.8) is 0 Å². The molecule has 0 aromatic heterocycles. The fourth-order valence-corrected chi connectivity index (χ4v) is 3.09. The number of hydrogen-bond donors (Lipinski definition) is 2. The van der Waals surface area contributed by atoms with Crippen molar-refractivity contribution in [3.8, 4) is 11.5 Å². The maximum Gasteiger partial charge on any atom is 0.255 e. The SMILES string of the molecule is CC1CCNC(C)C1NC(=O)c1cccc2c1OCCO2. The van der Waals surface area contributed by atoms with Gasteiger partial charge in [-0.05, 0) is 37.9 Å². The predicted molar refractivity (Wildman–Crippen MR) is 79.9 cm³/mol. The first-order valence-electron chi connectivity index (χ1n) is 7.59. The minimum atomic E-state index is -0.0928. The third-order valence-electron chi connectivity index (χ3n) is 4.33. The number of amides is 1. The van der Waals surface area contributed by atoms with E-state index in [0.717, 1.165) is 13.0 Å². The molecule has 1 amide bonds. The van der Waals surface area contributed by atoms with Gasteiger partial charge >= 0.3 is 0 Å². The molecule has 2 aliphatic rings. The molecule has 5 heteroatoms. The minimum absolute atomic E-state index is 0.0928. The Balaban J connectivity index is 1.79. The highest BCUT2D eigenvalue weighted by molar-refractivity contribution is 5.98. The number of hydrogen-bond acceptors (Lipinski definition) is 4. The molecule has 2 N–H and O–H groups in total. The lowest BCUT2D eigenvalue weighted by Crippen LogP contribution is -2.55. The molecule has 1 aromatic rings. The van der Waals surface area contributed by atoms with Gasteiger partial charge in [0.25, 0.3) is 5.91 Å². The third kappa shape index (κ3) is 2.83. The van der Waals surface area contributed by atoms with Crippen LogP contribution in [0.25, 0.3) is 0 Å². The first-order valence-corrected chi connectivity index (χ1v) is 7.59. The zero-order valence-electron chi connectivity index (χ0n) is 12.5. The summed E-state index contributed by atoms with van der Waals surface area (Å²) in [7, 11) is 0. The van der Waals surface area contributed by atoms with E-state index >= 15 is 0 Å². The minimum Gasteiger partial charge on any atom is -0.486 e. The zero-order valence-corrected chi connectivity index (χ0v) is 12.5. The van der Waals surface area contributed by atoms with Crippen LogP contribution in [0.4, 0.5) is 0 Å². The van der Waals surface area contributed by atoms with Crippen molar-refractivity contribution >= 4 is 5.91 Å². The molecule has 0 spiro atoms. The molecule has 0 aliphatic carbocycles. The number of benzene rings is 1. The largest absolute Gasteiger partial charge is 0.486 e. The summed E-state index contributed by atoms with van der Waals surface area (Å²) < 4.78 is 11.1. The van der Waals surface area contributed by atoms with Gasteiger partial charge in [-0.2, -0.15) is 0 Å². The summed E-state index contributed by atoms with van der Waals surface area (Å²) in [5.41, 5.74) is 0.553. The second-order valence-electron chi connectivity index (χ2n) is 5.84. The number of carbonyl (C=O) groups is 1. The molecule has 114 valence electrons. The van der Waals surface area contributed by atoms with Crippen LogP contribution in [-0.2, 0) is 0 Å². The molecule has 2 heterocycles. The molecular weight excluding hydrogens is 268 g/mol. The quantitative estimate of drug-likeness (QED) is 0.868. The summed E-state index contributed by atoms with van der Waals surface area (Å²) in [6.07, 6.45) is 1.07. The van der Waals surface area contributed by atoms with Crippen LogP contribution in [-0.4, -0.2) is 37.7 Å². The average molecular weight is 290 g/mol. The van der Waals surface area contributed by atoms with Crippen LogP contribution < -0.4 is 20.1 Å². The van der Waals surface area contributed by atoms with Crippen LogP contribution >= 0.6 is 0 Å². The standard InChI is InChI=1S/C16H22N2O3/c1-10-6-7-17-11(2)14(10)18-16(19)12-4-3-5-13-15(12)21-9-8-20-13/h3-5,10-11,14,17H,6-9H2,1-2H3,(H,18,19). The fourth-order valence-electron chi connectivity index (χ4n) is 3.09. The molecule has 1 aromatic carbocycles. The normalized spacial score (nSPS) is 28.0. The molecule has 1 fully saturated rings. The van der Waals surface area contributed by atoms with Gasteiger partial charge in [-0.15, -0.1) is 0 Å². The topological polar surface area (TPSA) is 59.6 Å². The molecule has 0 radical (unpaired) electrons. The lowest BCUT2D eigenvalue weighted by atomic mass is 9.89. The highest BCUT2D eigenvalue weighted by atomic mass is 16.6. The highest BCUT2D eigenvalue weighted by Gasteiger charge is 2.30. The van der Waals surface area contributed by atoms with Gasteiger partial charge in [0.2, 0.25) is 0 Å². The van der Waals surface area contributed by atoms with Crippen molar-refractivity contribution in [3.05, 3.63) is 23.8 Å². The number of carbonyl (C=O) groups excluding carboxylic acids is 1. The van der Waals surface area contributed by atoms with Crippen molar-refractivity contribution in [2.45, 2.75) is 32.4 Å². The van der Waals surface area contributed by atoms with E-state index in [0.29, 0.717) is 36.2 Å². The summed E-state index contributed by atoms with van der Waals surface area (Å²) in [4.78, 5) is 12.6. The average Bonchev–Trinajstić information content (AvgIpc) is 2.50. The van der Waals surface area contributed by atoms with Crippen molar-refractivity contribution < 1.29 is 14.3 Å². The van der Waals surface area contributed by atoms with E-state index in [1.165, 1.54) is 0 Å². The van der Waals surface area contributed by atoms with Gasteiger partial charge in [0.1, 0.15) is 13.2 Å². The Kier molecular flexibility index (Phi) is 4.01. The number of para-hydroxylation sites is 1. The summed E-state index contributed by atoms with van der Waals surface area (Å²) in [6, 6.07) is 5.85. The molecule has 3 atom stereocenters. The van der Waals surface area contributed by atoms with E-state index in [1.54, 1.807) is 6.07 Å². The summed E-state index contributed by atoms with van der Waals surface area (Å²) in [6.45, 7) is 6.31. The zero-order chi connectivity index (χ0) is 14.8. The molecule has 5 nitrogen and oxygen atoms in total. The van der Waals surface area contributed by atoms with Crippen LogP contribution in [0.5, 0.6) is 11.5 Å². The Morgan fingerprint density at radius 2 is 2.10 bits per heavy atom.